The summed E-state index contributed by atoms with van der Waals surface area (Å²) in [5.74, 6) is 1.59. The molecule has 3 aromatic heterocycles. The Bertz CT molecular complexity index is 694. The van der Waals surface area contributed by atoms with Crippen molar-refractivity contribution in [1.82, 2.24) is 9.38 Å². The van der Waals surface area contributed by atoms with E-state index in [2.05, 4.69) is 4.98 Å². The Labute approximate surface area is 97.5 Å². The van der Waals surface area contributed by atoms with Crippen LogP contribution >= 0.6 is 0 Å². The topological polar surface area (TPSA) is 47.5 Å². The Hall–Kier alpha value is -2.36. The molecule has 4 heteroatoms. The van der Waals surface area contributed by atoms with Crippen molar-refractivity contribution in [2.24, 2.45) is 0 Å². The average Bonchev–Trinajstić information content (AvgIpc) is 2.93. The van der Waals surface area contributed by atoms with E-state index in [1.165, 1.54) is 0 Å². The molecule has 0 unspecified atom stereocenters. The molecule has 0 amide bonds. The van der Waals surface area contributed by atoms with Gasteiger partial charge in [0, 0.05) is 18.0 Å². The number of aldehydes is 1. The van der Waals surface area contributed by atoms with Crippen LogP contribution in [0, 0.1) is 6.92 Å². The summed E-state index contributed by atoms with van der Waals surface area (Å²) < 4.78 is 7.37. The lowest BCUT2D eigenvalue weighted by atomic mass is 10.3. The number of hydrogen-bond acceptors (Lipinski definition) is 3. The fourth-order valence-corrected chi connectivity index (χ4v) is 1.76. The SMILES string of the molecule is Cc1ccc(-c2cn3ccc(C=O)cc3n2)o1. The van der Waals surface area contributed by atoms with Gasteiger partial charge in [0.1, 0.15) is 23.4 Å². The maximum absolute atomic E-state index is 10.7. The van der Waals surface area contributed by atoms with Crippen LogP contribution in [0.5, 0.6) is 0 Å². The molecule has 0 spiro atoms. The number of carbonyl (C=O) groups is 1. The van der Waals surface area contributed by atoms with Crippen molar-refractivity contribution < 1.29 is 9.21 Å². The van der Waals surface area contributed by atoms with Crippen LogP contribution in [0.1, 0.15) is 16.1 Å². The molecule has 0 saturated carbocycles. The van der Waals surface area contributed by atoms with Gasteiger partial charge in [-0.25, -0.2) is 4.98 Å². The molecule has 0 aliphatic carbocycles. The number of furan rings is 1. The summed E-state index contributed by atoms with van der Waals surface area (Å²) in [6, 6.07) is 7.28. The number of carbonyl (C=O) groups excluding carboxylic acids is 1. The van der Waals surface area contributed by atoms with E-state index in [9.17, 15) is 4.79 Å². The Kier molecular flexibility index (Phi) is 2.08. The maximum Gasteiger partial charge on any atom is 0.154 e. The lowest BCUT2D eigenvalue weighted by molar-refractivity contribution is 0.112. The minimum Gasteiger partial charge on any atom is -0.460 e. The molecule has 0 fully saturated rings. The van der Waals surface area contributed by atoms with Crippen molar-refractivity contribution in [2.75, 3.05) is 0 Å². The van der Waals surface area contributed by atoms with E-state index in [1.54, 1.807) is 12.1 Å². The summed E-state index contributed by atoms with van der Waals surface area (Å²) in [4.78, 5) is 15.1. The van der Waals surface area contributed by atoms with E-state index in [1.807, 2.05) is 35.9 Å². The van der Waals surface area contributed by atoms with E-state index in [0.717, 1.165) is 29.1 Å². The molecule has 0 bridgehead atoms. The number of pyridine rings is 1. The van der Waals surface area contributed by atoms with Crippen LogP contribution in [-0.2, 0) is 0 Å². The van der Waals surface area contributed by atoms with Crippen molar-refractivity contribution in [3.05, 3.63) is 48.0 Å². The lowest BCUT2D eigenvalue weighted by Gasteiger charge is -1.91. The molecule has 17 heavy (non-hydrogen) atoms. The first kappa shape index (κ1) is 9.84. The van der Waals surface area contributed by atoms with Crippen LogP contribution in [0.3, 0.4) is 0 Å². The van der Waals surface area contributed by atoms with Gasteiger partial charge in [0.2, 0.25) is 0 Å². The van der Waals surface area contributed by atoms with Crippen LogP contribution < -0.4 is 0 Å². The monoisotopic (exact) mass is 226 g/mol. The van der Waals surface area contributed by atoms with Gasteiger partial charge in [-0.1, -0.05) is 0 Å². The van der Waals surface area contributed by atoms with Gasteiger partial charge < -0.3 is 8.82 Å². The summed E-state index contributed by atoms with van der Waals surface area (Å²) in [6.45, 7) is 1.89. The molecule has 0 saturated heterocycles. The number of hydrogen-bond donors (Lipinski definition) is 0. The van der Waals surface area contributed by atoms with Gasteiger partial charge in [-0.05, 0) is 31.2 Å². The standard InChI is InChI=1S/C13H10N2O2/c1-9-2-3-12(17-9)11-7-15-5-4-10(8-16)6-13(15)14-11/h2-8H,1H3. The van der Waals surface area contributed by atoms with Gasteiger partial charge in [-0.15, -0.1) is 0 Å². The molecule has 0 aliphatic rings. The Morgan fingerprint density at radius 2 is 2.24 bits per heavy atom. The molecule has 84 valence electrons. The van der Waals surface area contributed by atoms with Gasteiger partial charge in [-0.2, -0.15) is 0 Å². The number of imidazole rings is 1. The molecule has 0 atom stereocenters. The first-order valence-electron chi connectivity index (χ1n) is 5.27. The number of aryl methyl sites for hydroxylation is 1. The predicted molar refractivity (Wildman–Crippen MR) is 63.0 cm³/mol. The largest absolute Gasteiger partial charge is 0.460 e. The minimum absolute atomic E-state index is 0.616. The smallest absolute Gasteiger partial charge is 0.154 e. The molecule has 4 nitrogen and oxygen atoms in total. The third-order valence-corrected chi connectivity index (χ3v) is 2.61. The van der Waals surface area contributed by atoms with Gasteiger partial charge in [0.15, 0.2) is 5.76 Å². The highest BCUT2D eigenvalue weighted by Crippen LogP contribution is 2.21. The van der Waals surface area contributed by atoms with Crippen molar-refractivity contribution in [3.63, 3.8) is 0 Å². The zero-order chi connectivity index (χ0) is 11.8. The van der Waals surface area contributed by atoms with Crippen molar-refractivity contribution in [3.8, 4) is 11.5 Å². The summed E-state index contributed by atoms with van der Waals surface area (Å²) >= 11 is 0. The van der Waals surface area contributed by atoms with Crippen LogP contribution in [-0.4, -0.2) is 15.7 Å². The molecular formula is C13H10N2O2. The third kappa shape index (κ3) is 1.63. The van der Waals surface area contributed by atoms with Gasteiger partial charge in [0.05, 0.1) is 0 Å². The van der Waals surface area contributed by atoms with Crippen LogP contribution in [0.2, 0.25) is 0 Å². The Balaban J connectivity index is 2.16. The van der Waals surface area contributed by atoms with E-state index >= 15 is 0 Å². The highest BCUT2D eigenvalue weighted by atomic mass is 16.3. The van der Waals surface area contributed by atoms with Crippen molar-refractivity contribution in [2.45, 2.75) is 6.92 Å². The number of nitrogens with zero attached hydrogens (tertiary/aromatic N) is 2. The maximum atomic E-state index is 10.7. The molecule has 3 aromatic rings. The highest BCUT2D eigenvalue weighted by Gasteiger charge is 2.07. The first-order valence-corrected chi connectivity index (χ1v) is 5.27. The summed E-state index contributed by atoms with van der Waals surface area (Å²) in [5, 5.41) is 0. The average molecular weight is 226 g/mol. The predicted octanol–water partition coefficient (Wildman–Crippen LogP) is 2.72. The number of aromatic nitrogens is 2. The molecule has 0 radical (unpaired) electrons. The summed E-state index contributed by atoms with van der Waals surface area (Å²) in [7, 11) is 0. The second-order valence-electron chi connectivity index (χ2n) is 3.88. The molecule has 0 N–H and O–H groups in total. The zero-order valence-corrected chi connectivity index (χ0v) is 9.25. The van der Waals surface area contributed by atoms with Gasteiger partial charge in [-0.3, -0.25) is 4.79 Å². The van der Waals surface area contributed by atoms with Crippen LogP contribution in [0.25, 0.3) is 17.1 Å². The fraction of sp³-hybridized carbons (Fsp3) is 0.0769. The lowest BCUT2D eigenvalue weighted by Crippen LogP contribution is -1.85. The summed E-state index contributed by atoms with van der Waals surface area (Å²) in [6.07, 6.45) is 4.50. The zero-order valence-electron chi connectivity index (χ0n) is 9.25. The van der Waals surface area contributed by atoms with E-state index in [-0.39, 0.29) is 0 Å². The molecule has 0 aromatic carbocycles. The van der Waals surface area contributed by atoms with Crippen LogP contribution in [0.4, 0.5) is 0 Å². The number of rotatable bonds is 2. The quantitative estimate of drug-likeness (QED) is 0.631. The second kappa shape index (κ2) is 3.59. The Morgan fingerprint density at radius 1 is 1.35 bits per heavy atom. The van der Waals surface area contributed by atoms with Gasteiger partial charge in [0.25, 0.3) is 0 Å². The normalized spacial score (nSPS) is 10.9. The summed E-state index contributed by atoms with van der Waals surface area (Å²) in [5.41, 5.74) is 2.12. The van der Waals surface area contributed by atoms with Crippen LogP contribution in [0.15, 0.2) is 41.1 Å². The van der Waals surface area contributed by atoms with Crippen molar-refractivity contribution >= 4 is 11.9 Å². The fourth-order valence-electron chi connectivity index (χ4n) is 1.76. The number of fused-ring (bicyclic) bond motifs is 1. The first-order chi connectivity index (χ1) is 8.26. The third-order valence-electron chi connectivity index (χ3n) is 2.61. The molecular weight excluding hydrogens is 216 g/mol. The molecule has 3 rings (SSSR count). The van der Waals surface area contributed by atoms with E-state index in [0.29, 0.717) is 5.56 Å². The van der Waals surface area contributed by atoms with Crippen molar-refractivity contribution in [1.29, 1.82) is 0 Å². The Morgan fingerprint density at radius 3 is 2.94 bits per heavy atom. The van der Waals surface area contributed by atoms with E-state index < -0.39 is 0 Å². The van der Waals surface area contributed by atoms with Gasteiger partial charge >= 0.3 is 0 Å². The van der Waals surface area contributed by atoms with E-state index in [4.69, 9.17) is 4.42 Å². The molecule has 0 aliphatic heterocycles. The minimum atomic E-state index is 0.616. The second-order valence-corrected chi connectivity index (χ2v) is 3.88. The highest BCUT2D eigenvalue weighted by molar-refractivity contribution is 5.77. The molecule has 3 heterocycles.